The lowest BCUT2D eigenvalue weighted by Gasteiger charge is -2.23. The van der Waals surface area contributed by atoms with Crippen molar-refractivity contribution >= 4 is 0 Å². The Bertz CT molecular complexity index is 480. The molecule has 0 aromatic heterocycles. The zero-order valence-corrected chi connectivity index (χ0v) is 15.5. The Morgan fingerprint density at radius 3 is 2.26 bits per heavy atom. The van der Waals surface area contributed by atoms with Gasteiger partial charge in [0.2, 0.25) is 0 Å². The van der Waals surface area contributed by atoms with Gasteiger partial charge in [0.25, 0.3) is 0 Å². The first-order chi connectivity index (χ1) is 10.9. The van der Waals surface area contributed by atoms with Crippen molar-refractivity contribution in [3.8, 4) is 0 Å². The molecule has 128 valence electrons. The Labute approximate surface area is 143 Å². The Morgan fingerprint density at radius 1 is 1.04 bits per heavy atom. The second-order valence-corrected chi connectivity index (χ2v) is 7.33. The summed E-state index contributed by atoms with van der Waals surface area (Å²) >= 11 is 0. The second kappa shape index (κ2) is 10.4. The first-order valence-corrected chi connectivity index (χ1v) is 8.94. The van der Waals surface area contributed by atoms with Crippen molar-refractivity contribution in [2.45, 2.75) is 65.9 Å². The molecule has 0 heterocycles. The summed E-state index contributed by atoms with van der Waals surface area (Å²) in [7, 11) is 0. The first-order valence-electron chi connectivity index (χ1n) is 8.94. The van der Waals surface area contributed by atoms with Crippen molar-refractivity contribution in [2.24, 2.45) is 11.8 Å². The van der Waals surface area contributed by atoms with E-state index in [4.69, 9.17) is 0 Å². The molecular weight excluding hydrogens is 280 g/mol. The molecule has 0 aliphatic heterocycles. The van der Waals surface area contributed by atoms with Crippen molar-refractivity contribution in [1.29, 1.82) is 0 Å². The summed E-state index contributed by atoms with van der Waals surface area (Å²) in [6.07, 6.45) is 9.44. The molecular formula is C22H34O. The fourth-order valence-corrected chi connectivity index (χ4v) is 2.81. The molecule has 1 nitrogen and oxygen atoms in total. The third-order valence-electron chi connectivity index (χ3n) is 4.16. The van der Waals surface area contributed by atoms with E-state index in [2.05, 4.69) is 77.1 Å². The van der Waals surface area contributed by atoms with Gasteiger partial charge in [-0.3, -0.25) is 0 Å². The number of allylic oxidation sites excluding steroid dienone is 3. The van der Waals surface area contributed by atoms with Gasteiger partial charge in [-0.2, -0.15) is 0 Å². The van der Waals surface area contributed by atoms with Crippen LogP contribution >= 0.6 is 0 Å². The fourth-order valence-electron chi connectivity index (χ4n) is 2.81. The van der Waals surface area contributed by atoms with Crippen LogP contribution < -0.4 is 0 Å². The van der Waals surface area contributed by atoms with Crippen LogP contribution in [0.1, 0.15) is 65.4 Å². The summed E-state index contributed by atoms with van der Waals surface area (Å²) in [6, 6.07) is 10.4. The largest absolute Gasteiger partial charge is 0.392 e. The molecule has 0 fully saturated rings. The number of hydrogen-bond acceptors (Lipinski definition) is 1. The van der Waals surface area contributed by atoms with Crippen LogP contribution in [0.15, 0.2) is 54.1 Å². The first kappa shape index (κ1) is 19.7. The molecule has 1 aromatic carbocycles. The molecule has 3 atom stereocenters. The highest BCUT2D eigenvalue weighted by molar-refractivity contribution is 5.25. The van der Waals surface area contributed by atoms with Crippen LogP contribution in [0, 0.1) is 11.8 Å². The number of benzene rings is 1. The van der Waals surface area contributed by atoms with Crippen molar-refractivity contribution < 1.29 is 5.11 Å². The Hall–Kier alpha value is -1.34. The summed E-state index contributed by atoms with van der Waals surface area (Å²) < 4.78 is 0. The van der Waals surface area contributed by atoms with Crippen molar-refractivity contribution in [1.82, 2.24) is 0 Å². The minimum atomic E-state index is -0.325. The lowest BCUT2D eigenvalue weighted by Crippen LogP contribution is -2.20. The van der Waals surface area contributed by atoms with Gasteiger partial charge in [0.1, 0.15) is 0 Å². The number of rotatable bonds is 9. The van der Waals surface area contributed by atoms with Gasteiger partial charge in [0, 0.05) is 5.92 Å². The van der Waals surface area contributed by atoms with E-state index < -0.39 is 0 Å². The van der Waals surface area contributed by atoms with E-state index >= 15 is 0 Å². The van der Waals surface area contributed by atoms with E-state index in [1.807, 2.05) is 6.07 Å². The molecule has 0 spiro atoms. The highest BCUT2D eigenvalue weighted by Crippen LogP contribution is 2.27. The summed E-state index contributed by atoms with van der Waals surface area (Å²) in [4.78, 5) is 0. The number of aliphatic hydroxyl groups excluding tert-OH is 1. The normalized spacial score (nSPS) is 15.6. The van der Waals surface area contributed by atoms with Gasteiger partial charge in [-0.05, 0) is 50.5 Å². The minimum Gasteiger partial charge on any atom is -0.392 e. The quantitative estimate of drug-likeness (QED) is 0.545. The van der Waals surface area contributed by atoms with Crippen LogP contribution in [0.4, 0.5) is 0 Å². The van der Waals surface area contributed by atoms with Gasteiger partial charge < -0.3 is 5.11 Å². The van der Waals surface area contributed by atoms with Crippen LogP contribution in [-0.4, -0.2) is 11.2 Å². The lowest BCUT2D eigenvalue weighted by atomic mass is 9.86. The molecule has 1 rings (SSSR count). The highest BCUT2D eigenvalue weighted by Gasteiger charge is 2.20. The van der Waals surface area contributed by atoms with Crippen molar-refractivity contribution in [3.05, 3.63) is 59.7 Å². The summed E-state index contributed by atoms with van der Waals surface area (Å²) in [6.45, 7) is 10.9. The van der Waals surface area contributed by atoms with Gasteiger partial charge in [0.15, 0.2) is 0 Å². The monoisotopic (exact) mass is 314 g/mol. The Balaban J connectivity index is 2.72. The molecule has 1 N–H and O–H groups in total. The molecule has 0 bridgehead atoms. The SMILES string of the molecule is CC(C)=CCCC(C)CC(O)C(/C=C/C(C)C)c1ccccc1. The number of hydrogen-bond donors (Lipinski definition) is 1. The van der Waals surface area contributed by atoms with Crippen LogP contribution in [0.2, 0.25) is 0 Å². The standard InChI is InChI=1S/C22H34O/c1-17(2)10-9-11-19(5)16-22(23)21(15-14-18(3)4)20-12-7-6-8-13-20/h6-8,10,12-15,18-19,21-23H,9,11,16H2,1-5H3/b15-14+. The molecule has 0 aliphatic carbocycles. The van der Waals surface area contributed by atoms with E-state index in [1.54, 1.807) is 0 Å². The minimum absolute atomic E-state index is 0.0875. The molecule has 0 amide bonds. The van der Waals surface area contributed by atoms with Crippen LogP contribution in [0.25, 0.3) is 0 Å². The zero-order chi connectivity index (χ0) is 17.2. The maximum absolute atomic E-state index is 10.8. The molecule has 0 radical (unpaired) electrons. The highest BCUT2D eigenvalue weighted by atomic mass is 16.3. The van der Waals surface area contributed by atoms with Crippen LogP contribution in [-0.2, 0) is 0 Å². The summed E-state index contributed by atoms with van der Waals surface area (Å²) in [5.41, 5.74) is 2.58. The van der Waals surface area contributed by atoms with Gasteiger partial charge in [-0.25, -0.2) is 0 Å². The fraction of sp³-hybridized carbons (Fsp3) is 0.545. The third kappa shape index (κ3) is 8.18. The molecule has 0 aliphatic rings. The van der Waals surface area contributed by atoms with E-state index in [-0.39, 0.29) is 12.0 Å². The predicted molar refractivity (Wildman–Crippen MR) is 102 cm³/mol. The Morgan fingerprint density at radius 2 is 1.70 bits per heavy atom. The van der Waals surface area contributed by atoms with Crippen molar-refractivity contribution in [3.63, 3.8) is 0 Å². The summed E-state index contributed by atoms with van der Waals surface area (Å²) in [5.74, 6) is 1.12. The van der Waals surface area contributed by atoms with Gasteiger partial charge in [-0.1, -0.05) is 74.9 Å². The summed E-state index contributed by atoms with van der Waals surface area (Å²) in [5, 5.41) is 10.8. The van der Waals surface area contributed by atoms with Crippen LogP contribution in [0.5, 0.6) is 0 Å². The Kier molecular flexibility index (Phi) is 8.94. The van der Waals surface area contributed by atoms with E-state index in [0.717, 1.165) is 19.3 Å². The molecule has 3 unspecified atom stereocenters. The molecule has 1 aromatic rings. The van der Waals surface area contributed by atoms with Gasteiger partial charge in [0.05, 0.1) is 6.10 Å². The smallest absolute Gasteiger partial charge is 0.0645 e. The zero-order valence-electron chi connectivity index (χ0n) is 15.5. The lowest BCUT2D eigenvalue weighted by molar-refractivity contribution is 0.129. The molecule has 0 saturated carbocycles. The maximum atomic E-state index is 10.8. The topological polar surface area (TPSA) is 20.2 Å². The van der Waals surface area contributed by atoms with E-state index in [1.165, 1.54) is 11.1 Å². The molecule has 23 heavy (non-hydrogen) atoms. The predicted octanol–water partition coefficient (Wildman–Crippen LogP) is 6.12. The average Bonchev–Trinajstić information content (AvgIpc) is 2.47. The average molecular weight is 315 g/mol. The van der Waals surface area contributed by atoms with Crippen LogP contribution in [0.3, 0.4) is 0 Å². The maximum Gasteiger partial charge on any atom is 0.0645 e. The van der Waals surface area contributed by atoms with Crippen molar-refractivity contribution in [2.75, 3.05) is 0 Å². The molecule has 0 saturated heterocycles. The second-order valence-electron chi connectivity index (χ2n) is 7.33. The molecule has 1 heteroatoms. The van der Waals surface area contributed by atoms with E-state index in [9.17, 15) is 5.11 Å². The third-order valence-corrected chi connectivity index (χ3v) is 4.16. The van der Waals surface area contributed by atoms with Gasteiger partial charge in [-0.15, -0.1) is 0 Å². The van der Waals surface area contributed by atoms with E-state index in [0.29, 0.717) is 11.8 Å². The van der Waals surface area contributed by atoms with Gasteiger partial charge >= 0.3 is 0 Å². The number of aliphatic hydroxyl groups is 1.